The first-order valence-corrected chi connectivity index (χ1v) is 5.90. The van der Waals surface area contributed by atoms with Crippen LogP contribution in [0, 0.1) is 0 Å². The Morgan fingerprint density at radius 1 is 1.29 bits per heavy atom. The number of carbonyl (C=O) groups is 1. The zero-order valence-corrected chi connectivity index (χ0v) is 10.4. The van der Waals surface area contributed by atoms with E-state index in [9.17, 15) is 4.79 Å². The van der Waals surface area contributed by atoms with Gasteiger partial charge < -0.3 is 9.36 Å². The molecule has 0 fully saturated rings. The Kier molecular flexibility index (Phi) is 3.64. The van der Waals surface area contributed by atoms with Crippen LogP contribution in [0.25, 0.3) is 0 Å². The van der Waals surface area contributed by atoms with Crippen molar-refractivity contribution in [2.75, 3.05) is 0 Å². The molecule has 17 heavy (non-hydrogen) atoms. The van der Waals surface area contributed by atoms with Gasteiger partial charge in [-0.15, -0.1) is 0 Å². The quantitative estimate of drug-likeness (QED) is 0.759. The van der Waals surface area contributed by atoms with Crippen LogP contribution in [0.5, 0.6) is 0 Å². The van der Waals surface area contributed by atoms with E-state index in [0.717, 1.165) is 17.5 Å². The molecule has 0 aliphatic rings. The van der Waals surface area contributed by atoms with Gasteiger partial charge in [0.15, 0.2) is 0 Å². The molecule has 88 valence electrons. The highest BCUT2D eigenvalue weighted by Crippen LogP contribution is 2.28. The third kappa shape index (κ3) is 2.59. The standard InChI is InChI=1S/C14H14ClNO/c1-16-9-2-3-14(16)13(8-10-17)11-4-6-12(15)7-5-11/h2-7,9-10,13H,8H2,1H3/t13-/m0/s1. The van der Waals surface area contributed by atoms with Crippen LogP contribution in [-0.4, -0.2) is 10.9 Å². The van der Waals surface area contributed by atoms with E-state index in [0.29, 0.717) is 11.4 Å². The number of rotatable bonds is 4. The highest BCUT2D eigenvalue weighted by Gasteiger charge is 2.15. The second-order valence-corrected chi connectivity index (χ2v) is 4.49. The van der Waals surface area contributed by atoms with Crippen molar-refractivity contribution in [3.63, 3.8) is 0 Å². The lowest BCUT2D eigenvalue weighted by Gasteiger charge is -2.16. The lowest BCUT2D eigenvalue weighted by atomic mass is 9.93. The van der Waals surface area contributed by atoms with Crippen LogP contribution in [0.1, 0.15) is 23.6 Å². The van der Waals surface area contributed by atoms with E-state index in [-0.39, 0.29) is 5.92 Å². The van der Waals surface area contributed by atoms with Crippen LogP contribution in [0.15, 0.2) is 42.6 Å². The molecule has 1 aromatic heterocycles. The van der Waals surface area contributed by atoms with Gasteiger partial charge in [0.2, 0.25) is 0 Å². The number of aromatic nitrogens is 1. The Morgan fingerprint density at radius 2 is 2.00 bits per heavy atom. The normalized spacial score (nSPS) is 12.4. The number of aldehydes is 1. The summed E-state index contributed by atoms with van der Waals surface area (Å²) in [4.78, 5) is 10.8. The Balaban J connectivity index is 2.38. The van der Waals surface area contributed by atoms with Crippen LogP contribution in [-0.2, 0) is 11.8 Å². The molecule has 2 nitrogen and oxygen atoms in total. The van der Waals surface area contributed by atoms with Crippen LogP contribution in [0.3, 0.4) is 0 Å². The maximum atomic E-state index is 10.8. The molecule has 0 bridgehead atoms. The molecule has 3 heteroatoms. The Bertz CT molecular complexity index is 501. The average molecular weight is 248 g/mol. The molecule has 2 rings (SSSR count). The number of hydrogen-bond donors (Lipinski definition) is 0. The van der Waals surface area contributed by atoms with Crippen LogP contribution in [0.4, 0.5) is 0 Å². The minimum absolute atomic E-state index is 0.102. The smallest absolute Gasteiger partial charge is 0.120 e. The molecule has 0 N–H and O–H groups in total. The Labute approximate surface area is 106 Å². The molecular weight excluding hydrogens is 234 g/mol. The minimum atomic E-state index is 0.102. The fraction of sp³-hybridized carbons (Fsp3) is 0.214. The molecule has 0 aliphatic carbocycles. The van der Waals surface area contributed by atoms with Gasteiger partial charge in [0.1, 0.15) is 6.29 Å². The molecule has 0 unspecified atom stereocenters. The summed E-state index contributed by atoms with van der Waals surface area (Å²) in [5, 5.41) is 0.713. The first kappa shape index (κ1) is 11.9. The van der Waals surface area contributed by atoms with E-state index in [1.807, 2.05) is 54.2 Å². The van der Waals surface area contributed by atoms with Gasteiger partial charge in [-0.3, -0.25) is 0 Å². The van der Waals surface area contributed by atoms with Gasteiger partial charge in [-0.1, -0.05) is 23.7 Å². The third-order valence-electron chi connectivity index (χ3n) is 2.95. The third-order valence-corrected chi connectivity index (χ3v) is 3.20. The van der Waals surface area contributed by atoms with Crippen molar-refractivity contribution in [2.24, 2.45) is 7.05 Å². The summed E-state index contributed by atoms with van der Waals surface area (Å²) in [6, 6.07) is 11.7. The minimum Gasteiger partial charge on any atom is -0.354 e. The van der Waals surface area contributed by atoms with Crippen LogP contribution in [0.2, 0.25) is 5.02 Å². The zero-order valence-electron chi connectivity index (χ0n) is 9.64. The van der Waals surface area contributed by atoms with Gasteiger partial charge in [0.25, 0.3) is 0 Å². The molecule has 1 atom stereocenters. The second kappa shape index (κ2) is 5.19. The number of hydrogen-bond acceptors (Lipinski definition) is 1. The lowest BCUT2D eigenvalue weighted by molar-refractivity contribution is -0.108. The molecule has 0 aliphatic heterocycles. The van der Waals surface area contributed by atoms with Gasteiger partial charge in [0, 0.05) is 36.3 Å². The van der Waals surface area contributed by atoms with E-state index in [1.54, 1.807) is 0 Å². The fourth-order valence-corrected chi connectivity index (χ4v) is 2.18. The van der Waals surface area contributed by atoms with E-state index >= 15 is 0 Å². The lowest BCUT2D eigenvalue weighted by Crippen LogP contribution is -2.06. The monoisotopic (exact) mass is 247 g/mol. The first-order chi connectivity index (χ1) is 8.22. The van der Waals surface area contributed by atoms with Crippen molar-refractivity contribution in [1.82, 2.24) is 4.57 Å². The predicted molar refractivity (Wildman–Crippen MR) is 69.4 cm³/mol. The molecule has 0 amide bonds. The summed E-state index contributed by atoms with van der Waals surface area (Å²) in [7, 11) is 1.99. The van der Waals surface area contributed by atoms with Crippen molar-refractivity contribution in [1.29, 1.82) is 0 Å². The summed E-state index contributed by atoms with van der Waals surface area (Å²) in [5.74, 6) is 0.102. The molecule has 2 aromatic rings. The number of carbonyl (C=O) groups excluding carboxylic acids is 1. The van der Waals surface area contributed by atoms with Crippen molar-refractivity contribution in [3.8, 4) is 0 Å². The average Bonchev–Trinajstić information content (AvgIpc) is 2.74. The molecule has 1 aromatic carbocycles. The highest BCUT2D eigenvalue weighted by atomic mass is 35.5. The van der Waals surface area contributed by atoms with E-state index in [4.69, 9.17) is 11.6 Å². The largest absolute Gasteiger partial charge is 0.354 e. The van der Waals surface area contributed by atoms with Crippen molar-refractivity contribution < 1.29 is 4.79 Å². The fourth-order valence-electron chi connectivity index (χ4n) is 2.06. The molecule has 0 saturated carbocycles. The second-order valence-electron chi connectivity index (χ2n) is 4.05. The number of halogens is 1. The molecule has 1 heterocycles. The Morgan fingerprint density at radius 3 is 2.53 bits per heavy atom. The number of nitrogens with zero attached hydrogens (tertiary/aromatic N) is 1. The number of benzene rings is 1. The first-order valence-electron chi connectivity index (χ1n) is 5.52. The van der Waals surface area contributed by atoms with Gasteiger partial charge in [0.05, 0.1) is 0 Å². The van der Waals surface area contributed by atoms with E-state index < -0.39 is 0 Å². The van der Waals surface area contributed by atoms with E-state index in [2.05, 4.69) is 0 Å². The topological polar surface area (TPSA) is 22.0 Å². The van der Waals surface area contributed by atoms with Crippen molar-refractivity contribution >= 4 is 17.9 Å². The van der Waals surface area contributed by atoms with Crippen molar-refractivity contribution in [3.05, 3.63) is 58.9 Å². The summed E-state index contributed by atoms with van der Waals surface area (Å²) < 4.78 is 2.04. The molecular formula is C14H14ClNO. The summed E-state index contributed by atoms with van der Waals surface area (Å²) in [6.45, 7) is 0. The van der Waals surface area contributed by atoms with Gasteiger partial charge in [-0.25, -0.2) is 0 Å². The zero-order chi connectivity index (χ0) is 12.3. The SMILES string of the molecule is Cn1cccc1[C@@H](CC=O)c1ccc(Cl)cc1. The van der Waals surface area contributed by atoms with E-state index in [1.165, 1.54) is 0 Å². The summed E-state index contributed by atoms with van der Waals surface area (Å²) in [6.07, 6.45) is 3.44. The van der Waals surface area contributed by atoms with Gasteiger partial charge >= 0.3 is 0 Å². The van der Waals surface area contributed by atoms with Gasteiger partial charge in [-0.05, 0) is 29.8 Å². The van der Waals surface area contributed by atoms with Crippen molar-refractivity contribution in [2.45, 2.75) is 12.3 Å². The Hall–Kier alpha value is -1.54. The highest BCUT2D eigenvalue weighted by molar-refractivity contribution is 6.30. The van der Waals surface area contributed by atoms with Crippen LogP contribution >= 0.6 is 11.6 Å². The van der Waals surface area contributed by atoms with Crippen LogP contribution < -0.4 is 0 Å². The molecule has 0 spiro atoms. The number of aryl methyl sites for hydroxylation is 1. The summed E-state index contributed by atoms with van der Waals surface area (Å²) in [5.41, 5.74) is 2.25. The maximum absolute atomic E-state index is 10.8. The summed E-state index contributed by atoms with van der Waals surface area (Å²) >= 11 is 5.87. The predicted octanol–water partition coefficient (Wildman–Crippen LogP) is 3.40. The molecule has 0 saturated heterocycles. The van der Waals surface area contributed by atoms with Gasteiger partial charge in [-0.2, -0.15) is 0 Å². The maximum Gasteiger partial charge on any atom is 0.120 e. The molecule has 0 radical (unpaired) electrons.